The van der Waals surface area contributed by atoms with Crippen molar-refractivity contribution < 1.29 is 28.9 Å². The van der Waals surface area contributed by atoms with Gasteiger partial charge in [-0.25, -0.2) is 0 Å². The number of aliphatic hydroxyl groups excluding tert-OH is 1. The van der Waals surface area contributed by atoms with Gasteiger partial charge in [-0.2, -0.15) is 0 Å². The molecule has 7 nitrogen and oxygen atoms in total. The van der Waals surface area contributed by atoms with Gasteiger partial charge in [-0.1, -0.05) is 12.1 Å². The van der Waals surface area contributed by atoms with Gasteiger partial charge in [0.1, 0.15) is 23.4 Å². The maximum Gasteiger partial charge on any atom is 0.295 e. The Morgan fingerprint density at radius 2 is 2.03 bits per heavy atom. The molecule has 0 saturated carbocycles. The molecule has 1 saturated heterocycles. The summed E-state index contributed by atoms with van der Waals surface area (Å²) in [5.41, 5.74) is 2.25. The molecule has 0 spiro atoms. The summed E-state index contributed by atoms with van der Waals surface area (Å²) in [6, 6.07) is 11.9. The van der Waals surface area contributed by atoms with E-state index in [4.69, 9.17) is 14.2 Å². The van der Waals surface area contributed by atoms with Gasteiger partial charge in [0.05, 0.1) is 18.2 Å². The second kappa shape index (κ2) is 9.67. The van der Waals surface area contributed by atoms with Gasteiger partial charge in [0.15, 0.2) is 0 Å². The standard InChI is InChI=1S/C26H29NO6/c1-4-32-20-8-5-7-17(15-20)23-22(25(29)26(30)27(23)11-6-12-31-3)24(28)18-9-10-21-19(14-18)13-16(2)33-21/h5,7-10,14-16,23,28H,4,6,11-13H2,1-3H3/t16-,23+/m0/s1. The summed E-state index contributed by atoms with van der Waals surface area (Å²) in [6.45, 7) is 5.15. The van der Waals surface area contributed by atoms with Gasteiger partial charge < -0.3 is 24.2 Å². The second-order valence-corrected chi connectivity index (χ2v) is 8.30. The normalized spacial score (nSPS) is 21.2. The first kappa shape index (κ1) is 22.9. The molecule has 1 N–H and O–H groups in total. The van der Waals surface area contributed by atoms with Gasteiger partial charge in [0.25, 0.3) is 11.7 Å². The topological polar surface area (TPSA) is 85.3 Å². The van der Waals surface area contributed by atoms with E-state index < -0.39 is 17.7 Å². The van der Waals surface area contributed by atoms with E-state index in [0.29, 0.717) is 43.1 Å². The zero-order valence-corrected chi connectivity index (χ0v) is 19.2. The van der Waals surface area contributed by atoms with Crippen molar-refractivity contribution in [2.24, 2.45) is 0 Å². The summed E-state index contributed by atoms with van der Waals surface area (Å²) in [4.78, 5) is 27.7. The molecule has 2 heterocycles. The number of hydrogen-bond acceptors (Lipinski definition) is 6. The molecule has 2 aromatic carbocycles. The molecule has 2 atom stereocenters. The van der Waals surface area contributed by atoms with E-state index in [0.717, 1.165) is 17.7 Å². The molecule has 2 aromatic rings. The van der Waals surface area contributed by atoms with Gasteiger partial charge in [-0.15, -0.1) is 0 Å². The van der Waals surface area contributed by atoms with Crippen LogP contribution in [0.5, 0.6) is 11.5 Å². The zero-order valence-electron chi connectivity index (χ0n) is 19.2. The van der Waals surface area contributed by atoms with Crippen LogP contribution in [0.1, 0.15) is 43.0 Å². The minimum absolute atomic E-state index is 0.0602. The molecule has 4 rings (SSSR count). The molecule has 0 aliphatic carbocycles. The third-order valence-electron chi connectivity index (χ3n) is 5.94. The molecule has 0 unspecified atom stereocenters. The summed E-state index contributed by atoms with van der Waals surface area (Å²) >= 11 is 0. The average molecular weight is 452 g/mol. The Morgan fingerprint density at radius 1 is 1.21 bits per heavy atom. The van der Waals surface area contributed by atoms with E-state index in [9.17, 15) is 14.7 Å². The molecular weight excluding hydrogens is 422 g/mol. The highest BCUT2D eigenvalue weighted by molar-refractivity contribution is 6.46. The number of nitrogens with zero attached hydrogens (tertiary/aromatic N) is 1. The number of carbonyl (C=O) groups is 2. The number of rotatable bonds is 8. The van der Waals surface area contributed by atoms with Crippen molar-refractivity contribution in [3.05, 3.63) is 64.7 Å². The van der Waals surface area contributed by atoms with Crippen LogP contribution in [-0.4, -0.2) is 54.7 Å². The number of amides is 1. The summed E-state index contributed by atoms with van der Waals surface area (Å²) < 4.78 is 16.5. The number of ether oxygens (including phenoxy) is 3. The largest absolute Gasteiger partial charge is 0.507 e. The monoisotopic (exact) mass is 451 g/mol. The lowest BCUT2D eigenvalue weighted by atomic mass is 9.94. The van der Waals surface area contributed by atoms with Crippen LogP contribution < -0.4 is 9.47 Å². The zero-order chi connectivity index (χ0) is 23.5. The van der Waals surface area contributed by atoms with Gasteiger partial charge in [-0.05, 0) is 61.7 Å². The Hall–Kier alpha value is -3.32. The van der Waals surface area contributed by atoms with Crippen LogP contribution in [0.4, 0.5) is 0 Å². The number of benzene rings is 2. The van der Waals surface area contributed by atoms with Crippen molar-refractivity contribution in [3.8, 4) is 11.5 Å². The molecule has 1 fully saturated rings. The highest BCUT2D eigenvalue weighted by atomic mass is 16.5. The fraction of sp³-hybridized carbons (Fsp3) is 0.385. The van der Waals surface area contributed by atoms with Gasteiger partial charge in [0.2, 0.25) is 0 Å². The van der Waals surface area contributed by atoms with Crippen LogP contribution in [0.3, 0.4) is 0 Å². The maximum atomic E-state index is 13.1. The van der Waals surface area contributed by atoms with E-state index in [2.05, 4.69) is 0 Å². The Balaban J connectivity index is 1.80. The number of aliphatic hydroxyl groups is 1. The highest BCUT2D eigenvalue weighted by Crippen LogP contribution is 2.41. The number of fused-ring (bicyclic) bond motifs is 1. The number of carbonyl (C=O) groups excluding carboxylic acids is 2. The fourth-order valence-corrected chi connectivity index (χ4v) is 4.50. The molecular formula is C26H29NO6. The maximum absolute atomic E-state index is 13.1. The van der Waals surface area contributed by atoms with E-state index in [1.165, 1.54) is 4.90 Å². The van der Waals surface area contributed by atoms with Crippen molar-refractivity contribution in [1.82, 2.24) is 4.90 Å². The molecule has 0 bridgehead atoms. The molecule has 33 heavy (non-hydrogen) atoms. The van der Waals surface area contributed by atoms with Crippen molar-refractivity contribution in [3.63, 3.8) is 0 Å². The summed E-state index contributed by atoms with van der Waals surface area (Å²) in [5, 5.41) is 11.3. The lowest BCUT2D eigenvalue weighted by molar-refractivity contribution is -0.140. The van der Waals surface area contributed by atoms with Crippen molar-refractivity contribution >= 4 is 17.4 Å². The average Bonchev–Trinajstić information content (AvgIpc) is 3.30. The van der Waals surface area contributed by atoms with Crippen LogP contribution in [0.2, 0.25) is 0 Å². The van der Waals surface area contributed by atoms with E-state index in [-0.39, 0.29) is 17.4 Å². The van der Waals surface area contributed by atoms with Crippen LogP contribution in [0, 0.1) is 0 Å². The molecule has 2 aliphatic rings. The lowest BCUT2D eigenvalue weighted by Gasteiger charge is -2.25. The second-order valence-electron chi connectivity index (χ2n) is 8.30. The van der Waals surface area contributed by atoms with Crippen LogP contribution >= 0.6 is 0 Å². The number of likely N-dealkylation sites (tertiary alicyclic amines) is 1. The van der Waals surface area contributed by atoms with Gasteiger partial charge >= 0.3 is 0 Å². The quantitative estimate of drug-likeness (QED) is 0.284. The lowest BCUT2D eigenvalue weighted by Crippen LogP contribution is -2.31. The Kier molecular flexibility index (Phi) is 6.70. The van der Waals surface area contributed by atoms with Crippen LogP contribution in [0.15, 0.2) is 48.0 Å². The first-order valence-corrected chi connectivity index (χ1v) is 11.2. The SMILES string of the molecule is CCOc1cccc([C@@H]2C(=C(O)c3ccc4c(c3)C[C@H](C)O4)C(=O)C(=O)N2CCCOC)c1. The minimum Gasteiger partial charge on any atom is -0.507 e. The third-order valence-corrected chi connectivity index (χ3v) is 5.94. The number of Topliss-reactive ketones (excluding diaryl/α,β-unsaturated/α-hetero) is 1. The minimum atomic E-state index is -0.717. The van der Waals surface area contributed by atoms with Crippen LogP contribution in [0.25, 0.3) is 5.76 Å². The number of ketones is 1. The first-order chi connectivity index (χ1) is 15.9. The van der Waals surface area contributed by atoms with Crippen molar-refractivity contribution in [2.45, 2.75) is 38.8 Å². The third kappa shape index (κ3) is 4.46. The molecule has 0 aromatic heterocycles. The van der Waals surface area contributed by atoms with Crippen molar-refractivity contribution in [1.29, 1.82) is 0 Å². The smallest absolute Gasteiger partial charge is 0.295 e. The highest BCUT2D eigenvalue weighted by Gasteiger charge is 2.46. The van der Waals surface area contributed by atoms with Crippen LogP contribution in [-0.2, 0) is 20.7 Å². The Morgan fingerprint density at radius 3 is 2.79 bits per heavy atom. The number of methoxy groups -OCH3 is 1. The van der Waals surface area contributed by atoms with Crippen molar-refractivity contribution in [2.75, 3.05) is 26.9 Å². The predicted molar refractivity (Wildman–Crippen MR) is 123 cm³/mol. The molecule has 2 aliphatic heterocycles. The molecule has 0 radical (unpaired) electrons. The predicted octanol–water partition coefficient (Wildman–Crippen LogP) is 3.87. The summed E-state index contributed by atoms with van der Waals surface area (Å²) in [7, 11) is 1.59. The Bertz CT molecular complexity index is 1090. The fourth-order valence-electron chi connectivity index (χ4n) is 4.50. The Labute approximate surface area is 193 Å². The van der Waals surface area contributed by atoms with E-state index in [1.807, 2.05) is 44.2 Å². The summed E-state index contributed by atoms with van der Waals surface area (Å²) in [6.07, 6.45) is 1.35. The molecule has 174 valence electrons. The number of hydrogen-bond donors (Lipinski definition) is 1. The van der Waals surface area contributed by atoms with E-state index in [1.54, 1.807) is 19.2 Å². The molecule has 1 amide bonds. The summed E-state index contributed by atoms with van der Waals surface area (Å²) in [5.74, 6) is -0.0858. The first-order valence-electron chi connectivity index (χ1n) is 11.2. The van der Waals surface area contributed by atoms with Gasteiger partial charge in [-0.3, -0.25) is 9.59 Å². The van der Waals surface area contributed by atoms with Gasteiger partial charge in [0, 0.05) is 32.2 Å². The molecule has 7 heteroatoms. The van der Waals surface area contributed by atoms with E-state index >= 15 is 0 Å².